The number of hydrogen-bond acceptors (Lipinski definition) is 4. The maximum Gasteiger partial charge on any atom is 0.244 e. The zero-order valence-corrected chi connectivity index (χ0v) is 26.4. The van der Waals surface area contributed by atoms with Crippen molar-refractivity contribution >= 4 is 66.7 Å². The number of anilines is 1. The van der Waals surface area contributed by atoms with E-state index < -0.39 is 28.5 Å². The predicted molar refractivity (Wildman–Crippen MR) is 165 cm³/mol. The third kappa shape index (κ3) is 8.96. The van der Waals surface area contributed by atoms with Crippen molar-refractivity contribution in [2.45, 2.75) is 45.3 Å². The molecule has 0 aliphatic rings. The van der Waals surface area contributed by atoms with Gasteiger partial charge in [-0.25, -0.2) is 8.42 Å². The third-order valence-corrected chi connectivity index (χ3v) is 8.81. The Balaban J connectivity index is 2.07. The number of nitrogens with zero attached hydrogens (tertiary/aromatic N) is 2. The fraction of sp³-hybridized carbons (Fsp3) is 0.310. The van der Waals surface area contributed by atoms with Crippen LogP contribution in [0.25, 0.3) is 0 Å². The molecule has 3 rings (SSSR count). The first-order valence-corrected chi connectivity index (χ1v) is 16.1. The molecule has 3 aromatic rings. The first-order valence-electron chi connectivity index (χ1n) is 12.7. The van der Waals surface area contributed by atoms with Crippen molar-refractivity contribution in [1.29, 1.82) is 0 Å². The summed E-state index contributed by atoms with van der Waals surface area (Å²) in [5.41, 5.74) is 1.83. The maximum absolute atomic E-state index is 14.1. The van der Waals surface area contributed by atoms with E-state index in [1.807, 2.05) is 44.2 Å². The van der Waals surface area contributed by atoms with E-state index in [1.165, 1.54) is 4.90 Å². The van der Waals surface area contributed by atoms with Gasteiger partial charge in [-0.05, 0) is 60.9 Å². The molecule has 0 saturated heterocycles. The van der Waals surface area contributed by atoms with Gasteiger partial charge in [-0.15, -0.1) is 0 Å². The molecular formula is C29H32BrCl2N3O4S. The zero-order valence-electron chi connectivity index (χ0n) is 22.5. The van der Waals surface area contributed by atoms with E-state index in [9.17, 15) is 18.0 Å². The lowest BCUT2D eigenvalue weighted by molar-refractivity contribution is -0.140. The van der Waals surface area contributed by atoms with E-state index in [1.54, 1.807) is 42.5 Å². The van der Waals surface area contributed by atoms with Crippen LogP contribution in [-0.2, 0) is 32.6 Å². The molecule has 0 heterocycles. The number of benzene rings is 3. The van der Waals surface area contributed by atoms with Crippen LogP contribution in [-0.4, -0.2) is 50.0 Å². The summed E-state index contributed by atoms with van der Waals surface area (Å²) >= 11 is 15.7. The third-order valence-electron chi connectivity index (χ3n) is 6.40. The first-order chi connectivity index (χ1) is 18.9. The average Bonchev–Trinajstić information content (AvgIpc) is 2.91. The second-order valence-electron chi connectivity index (χ2n) is 9.54. The van der Waals surface area contributed by atoms with Gasteiger partial charge in [0.05, 0.1) is 22.0 Å². The Hall–Kier alpha value is -2.59. The van der Waals surface area contributed by atoms with Gasteiger partial charge < -0.3 is 10.2 Å². The number of carbonyl (C=O) groups is 2. The second kappa shape index (κ2) is 14.3. The van der Waals surface area contributed by atoms with Gasteiger partial charge in [0.1, 0.15) is 12.6 Å². The van der Waals surface area contributed by atoms with Crippen LogP contribution in [0.15, 0.2) is 77.3 Å². The number of halogens is 3. The van der Waals surface area contributed by atoms with Crippen molar-refractivity contribution < 1.29 is 18.0 Å². The molecule has 7 nitrogen and oxygen atoms in total. The molecule has 0 spiro atoms. The Bertz CT molecular complexity index is 1420. The molecule has 0 fully saturated rings. The Kier molecular flexibility index (Phi) is 11.5. The van der Waals surface area contributed by atoms with Gasteiger partial charge >= 0.3 is 0 Å². The van der Waals surface area contributed by atoms with Gasteiger partial charge in [0.25, 0.3) is 0 Å². The molecule has 2 atom stereocenters. The number of amides is 2. The van der Waals surface area contributed by atoms with Crippen molar-refractivity contribution in [3.8, 4) is 0 Å². The SMILES string of the molecule is CCC(C)NC(=O)C(Cc1ccccc1)N(Cc1ccc(Cl)c(Cl)c1)C(=O)CN(c1ccc(Br)cc1)S(C)(=O)=O. The predicted octanol–water partition coefficient (Wildman–Crippen LogP) is 6.08. The number of carbonyl (C=O) groups excluding carboxylic acids is 2. The molecule has 0 radical (unpaired) electrons. The van der Waals surface area contributed by atoms with E-state index in [-0.39, 0.29) is 24.9 Å². The molecule has 0 bridgehead atoms. The molecular weight excluding hydrogens is 637 g/mol. The number of sulfonamides is 1. The molecule has 1 N–H and O–H groups in total. The number of rotatable bonds is 12. The topological polar surface area (TPSA) is 86.8 Å². The number of nitrogens with one attached hydrogen (secondary N) is 1. The Morgan fingerprint density at radius 1 is 0.950 bits per heavy atom. The smallest absolute Gasteiger partial charge is 0.244 e. The van der Waals surface area contributed by atoms with Gasteiger partial charge in [-0.2, -0.15) is 0 Å². The summed E-state index contributed by atoms with van der Waals surface area (Å²) in [5.74, 6) is -0.874. The minimum Gasteiger partial charge on any atom is -0.352 e. The monoisotopic (exact) mass is 667 g/mol. The van der Waals surface area contributed by atoms with Crippen molar-refractivity contribution in [3.05, 3.63) is 98.4 Å². The molecule has 2 amide bonds. The molecule has 214 valence electrons. The summed E-state index contributed by atoms with van der Waals surface area (Å²) in [4.78, 5) is 29.2. The molecule has 0 aliphatic heterocycles. The van der Waals surface area contributed by atoms with Crippen LogP contribution in [0, 0.1) is 0 Å². The molecule has 3 aromatic carbocycles. The van der Waals surface area contributed by atoms with E-state index in [2.05, 4.69) is 21.2 Å². The summed E-state index contributed by atoms with van der Waals surface area (Å²) in [6.07, 6.45) is 1.98. The molecule has 2 unspecified atom stereocenters. The van der Waals surface area contributed by atoms with E-state index in [0.717, 1.165) is 20.6 Å². The second-order valence-corrected chi connectivity index (χ2v) is 13.2. The summed E-state index contributed by atoms with van der Waals surface area (Å²) in [7, 11) is -3.84. The molecule has 11 heteroatoms. The van der Waals surface area contributed by atoms with Crippen molar-refractivity contribution in [3.63, 3.8) is 0 Å². The minimum atomic E-state index is -3.84. The van der Waals surface area contributed by atoms with Gasteiger partial charge in [0.2, 0.25) is 21.8 Å². The lowest BCUT2D eigenvalue weighted by Gasteiger charge is -2.34. The van der Waals surface area contributed by atoms with E-state index in [0.29, 0.717) is 27.7 Å². The van der Waals surface area contributed by atoms with Crippen LogP contribution >= 0.6 is 39.1 Å². The first kappa shape index (κ1) is 31.9. The van der Waals surface area contributed by atoms with Crippen LogP contribution in [0.3, 0.4) is 0 Å². The molecule has 0 aliphatic carbocycles. The van der Waals surface area contributed by atoms with E-state index in [4.69, 9.17) is 23.2 Å². The summed E-state index contributed by atoms with van der Waals surface area (Å²) in [5, 5.41) is 3.66. The fourth-order valence-corrected chi connectivity index (χ4v) is 5.49. The molecule has 0 saturated carbocycles. The highest BCUT2D eigenvalue weighted by atomic mass is 79.9. The quantitative estimate of drug-likeness (QED) is 0.254. The van der Waals surface area contributed by atoms with Crippen molar-refractivity contribution in [2.24, 2.45) is 0 Å². The van der Waals surface area contributed by atoms with Gasteiger partial charge in [0.15, 0.2) is 0 Å². The van der Waals surface area contributed by atoms with Gasteiger partial charge in [-0.1, -0.05) is 82.5 Å². The van der Waals surface area contributed by atoms with Crippen molar-refractivity contribution in [1.82, 2.24) is 10.2 Å². The minimum absolute atomic E-state index is 0.0130. The fourth-order valence-electron chi connectivity index (χ4n) is 4.05. The highest BCUT2D eigenvalue weighted by Gasteiger charge is 2.33. The highest BCUT2D eigenvalue weighted by Crippen LogP contribution is 2.26. The van der Waals surface area contributed by atoms with Crippen LogP contribution in [0.2, 0.25) is 10.0 Å². The average molecular weight is 669 g/mol. The summed E-state index contributed by atoms with van der Waals surface area (Å²) < 4.78 is 27.5. The van der Waals surface area contributed by atoms with E-state index >= 15 is 0 Å². The Morgan fingerprint density at radius 2 is 1.60 bits per heavy atom. The van der Waals surface area contributed by atoms with Crippen LogP contribution in [0.1, 0.15) is 31.4 Å². The molecule has 0 aromatic heterocycles. The Morgan fingerprint density at radius 3 is 2.17 bits per heavy atom. The number of hydrogen-bond donors (Lipinski definition) is 1. The lowest BCUT2D eigenvalue weighted by Crippen LogP contribution is -2.54. The normalized spacial score (nSPS) is 12.8. The Labute approximate surface area is 254 Å². The summed E-state index contributed by atoms with van der Waals surface area (Å²) in [6.45, 7) is 3.36. The largest absolute Gasteiger partial charge is 0.352 e. The van der Waals surface area contributed by atoms with Gasteiger partial charge in [0, 0.05) is 23.5 Å². The van der Waals surface area contributed by atoms with Crippen LogP contribution in [0.5, 0.6) is 0 Å². The lowest BCUT2D eigenvalue weighted by atomic mass is 10.0. The van der Waals surface area contributed by atoms with Crippen LogP contribution < -0.4 is 9.62 Å². The standard InChI is InChI=1S/C29H32BrCl2N3O4S/c1-4-20(2)33-29(37)27(17-21-8-6-5-7-9-21)34(18-22-10-15-25(31)26(32)16-22)28(36)19-35(40(3,38)39)24-13-11-23(30)12-14-24/h5-16,20,27H,4,17-19H2,1-3H3,(H,33,37). The van der Waals surface area contributed by atoms with Crippen molar-refractivity contribution in [2.75, 3.05) is 17.1 Å². The summed E-state index contributed by atoms with van der Waals surface area (Å²) in [6, 6.07) is 19.9. The van der Waals surface area contributed by atoms with Crippen LogP contribution in [0.4, 0.5) is 5.69 Å². The highest BCUT2D eigenvalue weighted by molar-refractivity contribution is 9.10. The molecule has 40 heavy (non-hydrogen) atoms. The maximum atomic E-state index is 14.1. The van der Waals surface area contributed by atoms with Gasteiger partial charge in [-0.3, -0.25) is 13.9 Å². The zero-order chi connectivity index (χ0) is 29.4.